The summed E-state index contributed by atoms with van der Waals surface area (Å²) < 4.78 is 10.4. The number of aliphatic hydroxyl groups excluding tert-OH is 1. The molecule has 2 aromatic carbocycles. The highest BCUT2D eigenvalue weighted by molar-refractivity contribution is 7.08. The predicted molar refractivity (Wildman–Crippen MR) is 107 cm³/mol. The molecule has 1 amide bonds. The molecule has 0 aliphatic carbocycles. The Morgan fingerprint density at radius 3 is 2.41 bits per heavy atom. The first-order chi connectivity index (χ1) is 13.1. The van der Waals surface area contributed by atoms with Crippen molar-refractivity contribution < 1.29 is 19.4 Å². The normalized spacial score (nSPS) is 11.7. The van der Waals surface area contributed by atoms with E-state index >= 15 is 0 Å². The van der Waals surface area contributed by atoms with Gasteiger partial charge in [0.25, 0.3) is 5.91 Å². The Bertz CT molecular complexity index is 891. The molecule has 1 unspecified atom stereocenters. The van der Waals surface area contributed by atoms with Crippen LogP contribution < -0.4 is 14.8 Å². The molecule has 0 bridgehead atoms. The maximum atomic E-state index is 12.3. The lowest BCUT2D eigenvalue weighted by Gasteiger charge is -2.15. The number of ether oxygens (including phenoxy) is 2. The third-order valence-electron chi connectivity index (χ3n) is 4.25. The highest BCUT2D eigenvalue weighted by atomic mass is 32.1. The van der Waals surface area contributed by atoms with E-state index in [4.69, 9.17) is 9.47 Å². The molecule has 3 aromatic rings. The van der Waals surface area contributed by atoms with Gasteiger partial charge in [0.2, 0.25) is 0 Å². The maximum absolute atomic E-state index is 12.3. The first-order valence-corrected chi connectivity index (χ1v) is 9.37. The van der Waals surface area contributed by atoms with Crippen LogP contribution in [0.5, 0.6) is 11.5 Å². The number of rotatable bonds is 7. The summed E-state index contributed by atoms with van der Waals surface area (Å²) in [6.45, 7) is 0.0978. The molecule has 2 N–H and O–H groups in total. The van der Waals surface area contributed by atoms with Crippen molar-refractivity contribution in [2.45, 2.75) is 6.10 Å². The number of thiophene rings is 1. The molecule has 0 aliphatic rings. The highest BCUT2D eigenvalue weighted by Crippen LogP contribution is 2.29. The average molecular weight is 383 g/mol. The Balaban J connectivity index is 1.61. The first-order valence-electron chi connectivity index (χ1n) is 8.43. The average Bonchev–Trinajstić information content (AvgIpc) is 3.26. The van der Waals surface area contributed by atoms with Crippen LogP contribution in [0.1, 0.15) is 22.0 Å². The molecule has 6 heteroatoms. The monoisotopic (exact) mass is 383 g/mol. The number of nitrogens with one attached hydrogen (secondary N) is 1. The summed E-state index contributed by atoms with van der Waals surface area (Å²) in [5.41, 5.74) is 3.39. The number of hydrogen-bond acceptors (Lipinski definition) is 5. The second-order valence-electron chi connectivity index (χ2n) is 5.93. The smallest absolute Gasteiger partial charge is 0.251 e. The fourth-order valence-electron chi connectivity index (χ4n) is 2.71. The largest absolute Gasteiger partial charge is 0.493 e. The molecule has 1 heterocycles. The quantitative estimate of drug-likeness (QED) is 0.649. The summed E-state index contributed by atoms with van der Waals surface area (Å²) >= 11 is 1.64. The Morgan fingerprint density at radius 1 is 1.04 bits per heavy atom. The molecule has 0 saturated carbocycles. The molecule has 5 nitrogen and oxygen atoms in total. The minimum atomic E-state index is -0.848. The van der Waals surface area contributed by atoms with Crippen molar-refractivity contribution in [3.63, 3.8) is 0 Å². The first kappa shape index (κ1) is 18.9. The van der Waals surface area contributed by atoms with Crippen LogP contribution in [0.3, 0.4) is 0 Å². The molecular formula is C21H21NO4S. The van der Waals surface area contributed by atoms with Gasteiger partial charge in [-0.2, -0.15) is 11.3 Å². The Labute approximate surface area is 162 Å². The second-order valence-corrected chi connectivity index (χ2v) is 6.71. The van der Waals surface area contributed by atoms with Crippen LogP contribution in [0.25, 0.3) is 11.1 Å². The van der Waals surface area contributed by atoms with Crippen LogP contribution in [0.4, 0.5) is 0 Å². The van der Waals surface area contributed by atoms with Crippen LogP contribution in [-0.4, -0.2) is 31.8 Å². The lowest BCUT2D eigenvalue weighted by atomic mass is 10.1. The molecule has 1 atom stereocenters. The zero-order valence-electron chi connectivity index (χ0n) is 15.1. The number of hydrogen-bond donors (Lipinski definition) is 2. The molecule has 0 fully saturated rings. The van der Waals surface area contributed by atoms with Gasteiger partial charge >= 0.3 is 0 Å². The zero-order chi connectivity index (χ0) is 19.2. The summed E-state index contributed by atoms with van der Waals surface area (Å²) in [6.07, 6.45) is -0.848. The Kier molecular flexibility index (Phi) is 6.11. The summed E-state index contributed by atoms with van der Waals surface area (Å²) in [4.78, 5) is 12.3. The van der Waals surface area contributed by atoms with Crippen molar-refractivity contribution in [3.8, 4) is 22.6 Å². The fraction of sp³-hybridized carbons (Fsp3) is 0.190. The molecule has 0 saturated heterocycles. The lowest BCUT2D eigenvalue weighted by molar-refractivity contribution is 0.0916. The molecule has 1 aromatic heterocycles. The molecule has 140 valence electrons. The molecule has 0 radical (unpaired) electrons. The molecule has 27 heavy (non-hydrogen) atoms. The third kappa shape index (κ3) is 4.48. The van der Waals surface area contributed by atoms with E-state index in [1.807, 2.05) is 23.6 Å². The van der Waals surface area contributed by atoms with Crippen LogP contribution in [0.15, 0.2) is 59.3 Å². The van der Waals surface area contributed by atoms with Gasteiger partial charge in [-0.1, -0.05) is 18.2 Å². The van der Waals surface area contributed by atoms with Crippen molar-refractivity contribution >= 4 is 17.2 Å². The lowest BCUT2D eigenvalue weighted by Crippen LogP contribution is -2.28. The van der Waals surface area contributed by atoms with Crippen molar-refractivity contribution in [1.82, 2.24) is 5.32 Å². The number of amides is 1. The fourth-order valence-corrected chi connectivity index (χ4v) is 3.38. The number of benzene rings is 2. The van der Waals surface area contributed by atoms with Crippen molar-refractivity contribution in [3.05, 3.63) is 70.4 Å². The molecule has 0 spiro atoms. The summed E-state index contributed by atoms with van der Waals surface area (Å²) in [5, 5.41) is 17.2. The molecular weight excluding hydrogens is 362 g/mol. The SMILES string of the molecule is COc1ccc(C(O)CNC(=O)c2ccc(-c3ccsc3)cc2)cc1OC. The maximum Gasteiger partial charge on any atom is 0.251 e. The molecule has 0 aliphatic heterocycles. The number of carbonyl (C=O) groups is 1. The second kappa shape index (κ2) is 8.70. The van der Waals surface area contributed by atoms with Gasteiger partial charge in [-0.3, -0.25) is 4.79 Å². The van der Waals surface area contributed by atoms with E-state index in [1.165, 1.54) is 7.11 Å². The minimum Gasteiger partial charge on any atom is -0.493 e. The van der Waals surface area contributed by atoms with Gasteiger partial charge in [0.15, 0.2) is 11.5 Å². The highest BCUT2D eigenvalue weighted by Gasteiger charge is 2.14. The van der Waals surface area contributed by atoms with Gasteiger partial charge in [0.1, 0.15) is 0 Å². The van der Waals surface area contributed by atoms with Crippen LogP contribution in [-0.2, 0) is 0 Å². The summed E-state index contributed by atoms with van der Waals surface area (Å²) in [7, 11) is 3.09. The number of carbonyl (C=O) groups excluding carboxylic acids is 1. The van der Waals surface area contributed by atoms with E-state index in [0.29, 0.717) is 22.6 Å². The van der Waals surface area contributed by atoms with Gasteiger partial charge in [0.05, 0.1) is 20.3 Å². The minimum absolute atomic E-state index is 0.0978. The summed E-state index contributed by atoms with van der Waals surface area (Å²) in [5.74, 6) is 0.888. The topological polar surface area (TPSA) is 67.8 Å². The van der Waals surface area contributed by atoms with Crippen LogP contribution >= 0.6 is 11.3 Å². The van der Waals surface area contributed by atoms with Gasteiger partial charge in [-0.05, 0) is 57.8 Å². The Hall–Kier alpha value is -2.83. The van der Waals surface area contributed by atoms with E-state index in [1.54, 1.807) is 48.8 Å². The van der Waals surface area contributed by atoms with E-state index in [0.717, 1.165) is 11.1 Å². The van der Waals surface area contributed by atoms with E-state index in [2.05, 4.69) is 10.7 Å². The van der Waals surface area contributed by atoms with Crippen molar-refractivity contribution in [1.29, 1.82) is 0 Å². The van der Waals surface area contributed by atoms with Crippen molar-refractivity contribution in [2.75, 3.05) is 20.8 Å². The van der Waals surface area contributed by atoms with Gasteiger partial charge in [0, 0.05) is 12.1 Å². The van der Waals surface area contributed by atoms with E-state index in [-0.39, 0.29) is 12.5 Å². The molecule has 3 rings (SSSR count). The Morgan fingerprint density at radius 2 is 1.78 bits per heavy atom. The van der Waals surface area contributed by atoms with Crippen LogP contribution in [0, 0.1) is 0 Å². The predicted octanol–water partition coefficient (Wildman–Crippen LogP) is 3.90. The standard InChI is InChI=1S/C21H21NO4S/c1-25-19-8-7-16(11-20(19)26-2)18(23)12-22-21(24)15-5-3-14(4-6-15)17-9-10-27-13-17/h3-11,13,18,23H,12H2,1-2H3,(H,22,24). The van der Waals surface area contributed by atoms with Crippen molar-refractivity contribution in [2.24, 2.45) is 0 Å². The van der Waals surface area contributed by atoms with Crippen LogP contribution in [0.2, 0.25) is 0 Å². The van der Waals surface area contributed by atoms with Gasteiger partial charge in [-0.25, -0.2) is 0 Å². The zero-order valence-corrected chi connectivity index (χ0v) is 16.0. The van der Waals surface area contributed by atoms with Gasteiger partial charge < -0.3 is 19.9 Å². The summed E-state index contributed by atoms with van der Waals surface area (Å²) in [6, 6.07) is 14.6. The van der Waals surface area contributed by atoms with E-state index in [9.17, 15) is 9.90 Å². The van der Waals surface area contributed by atoms with Gasteiger partial charge in [-0.15, -0.1) is 0 Å². The number of methoxy groups -OCH3 is 2. The number of aliphatic hydroxyl groups is 1. The third-order valence-corrected chi connectivity index (χ3v) is 4.93. The van der Waals surface area contributed by atoms with E-state index < -0.39 is 6.10 Å².